The SMILES string of the molecule is CNCCC(Oc1cccc2ccncc12)c1ccc(F)s1. The third-order valence-electron chi connectivity index (χ3n) is 3.48. The van der Waals surface area contributed by atoms with Crippen molar-refractivity contribution in [1.29, 1.82) is 0 Å². The Kier molecular flexibility index (Phi) is 4.65. The van der Waals surface area contributed by atoms with Gasteiger partial charge in [-0.05, 0) is 43.2 Å². The van der Waals surface area contributed by atoms with Crippen LogP contribution in [0.25, 0.3) is 10.8 Å². The van der Waals surface area contributed by atoms with E-state index >= 15 is 0 Å². The summed E-state index contributed by atoms with van der Waals surface area (Å²) < 4.78 is 19.5. The summed E-state index contributed by atoms with van der Waals surface area (Å²) in [6, 6.07) is 11.2. The lowest BCUT2D eigenvalue weighted by Crippen LogP contribution is -2.15. The molecule has 1 atom stereocenters. The maximum absolute atomic E-state index is 13.3. The molecule has 0 amide bonds. The Labute approximate surface area is 132 Å². The molecular formula is C17H17FN2OS. The highest BCUT2D eigenvalue weighted by Gasteiger charge is 2.17. The predicted octanol–water partition coefficient (Wildman–Crippen LogP) is 4.17. The summed E-state index contributed by atoms with van der Waals surface area (Å²) in [7, 11) is 1.90. The highest BCUT2D eigenvalue weighted by Crippen LogP contribution is 2.33. The van der Waals surface area contributed by atoms with Crippen molar-refractivity contribution in [3.63, 3.8) is 0 Å². The van der Waals surface area contributed by atoms with Crippen LogP contribution in [0.4, 0.5) is 4.39 Å². The Morgan fingerprint density at radius 1 is 1.27 bits per heavy atom. The second kappa shape index (κ2) is 6.85. The van der Waals surface area contributed by atoms with Crippen molar-refractivity contribution < 1.29 is 9.13 Å². The maximum Gasteiger partial charge on any atom is 0.176 e. The fourth-order valence-corrected chi connectivity index (χ4v) is 3.17. The Hall–Kier alpha value is -1.98. The number of hydrogen-bond acceptors (Lipinski definition) is 4. The number of nitrogens with zero attached hydrogens (tertiary/aromatic N) is 1. The van der Waals surface area contributed by atoms with Gasteiger partial charge in [-0.1, -0.05) is 12.1 Å². The molecule has 0 fully saturated rings. The van der Waals surface area contributed by atoms with Gasteiger partial charge in [-0.15, -0.1) is 11.3 Å². The fourth-order valence-electron chi connectivity index (χ4n) is 2.38. The average molecular weight is 316 g/mol. The summed E-state index contributed by atoms with van der Waals surface area (Å²) in [4.78, 5) is 5.07. The first kappa shape index (κ1) is 14.9. The fraction of sp³-hybridized carbons (Fsp3) is 0.235. The number of nitrogens with one attached hydrogen (secondary N) is 1. The molecule has 1 N–H and O–H groups in total. The van der Waals surface area contributed by atoms with Gasteiger partial charge in [-0.25, -0.2) is 0 Å². The molecule has 1 aromatic carbocycles. The van der Waals surface area contributed by atoms with E-state index < -0.39 is 0 Å². The zero-order valence-electron chi connectivity index (χ0n) is 12.3. The summed E-state index contributed by atoms with van der Waals surface area (Å²) in [5.74, 6) is 0.778. The minimum Gasteiger partial charge on any atom is -0.484 e. The van der Waals surface area contributed by atoms with Crippen LogP contribution in [-0.2, 0) is 0 Å². The molecule has 22 heavy (non-hydrogen) atoms. The molecule has 2 heterocycles. The summed E-state index contributed by atoms with van der Waals surface area (Å²) in [5, 5.41) is 4.98. The van der Waals surface area contributed by atoms with Gasteiger partial charge in [0.05, 0.1) is 0 Å². The van der Waals surface area contributed by atoms with Gasteiger partial charge in [0.1, 0.15) is 11.9 Å². The van der Waals surface area contributed by atoms with Gasteiger partial charge < -0.3 is 10.1 Å². The second-order valence-corrected chi connectivity index (χ2v) is 6.06. The lowest BCUT2D eigenvalue weighted by molar-refractivity contribution is 0.201. The minimum absolute atomic E-state index is 0.173. The van der Waals surface area contributed by atoms with Crippen LogP contribution in [0.1, 0.15) is 17.4 Å². The standard InChI is InChI=1S/C17H17FN2OS/c1-19-9-8-15(16-5-6-17(18)22-16)21-14-4-2-3-12-7-10-20-11-13(12)14/h2-7,10-11,15,19H,8-9H2,1H3. The number of thiophene rings is 1. The largest absolute Gasteiger partial charge is 0.484 e. The molecule has 5 heteroatoms. The van der Waals surface area contributed by atoms with Gasteiger partial charge in [0, 0.05) is 29.1 Å². The van der Waals surface area contributed by atoms with Crippen LogP contribution < -0.4 is 10.1 Å². The van der Waals surface area contributed by atoms with Crippen molar-refractivity contribution in [2.24, 2.45) is 0 Å². The molecule has 3 rings (SSSR count). The number of aromatic nitrogens is 1. The van der Waals surface area contributed by atoms with E-state index in [1.807, 2.05) is 31.3 Å². The summed E-state index contributed by atoms with van der Waals surface area (Å²) in [6.07, 6.45) is 4.16. The predicted molar refractivity (Wildman–Crippen MR) is 87.9 cm³/mol. The van der Waals surface area contributed by atoms with E-state index in [0.29, 0.717) is 0 Å². The molecule has 0 saturated heterocycles. The van der Waals surface area contributed by atoms with Gasteiger partial charge in [-0.2, -0.15) is 4.39 Å². The third kappa shape index (κ3) is 3.26. The van der Waals surface area contributed by atoms with Crippen LogP contribution in [0, 0.1) is 5.13 Å². The van der Waals surface area contributed by atoms with Crippen molar-refractivity contribution >= 4 is 22.1 Å². The van der Waals surface area contributed by atoms with E-state index in [-0.39, 0.29) is 11.2 Å². The monoisotopic (exact) mass is 316 g/mol. The number of ether oxygens (including phenoxy) is 1. The van der Waals surface area contributed by atoms with Crippen molar-refractivity contribution in [3.05, 3.63) is 58.8 Å². The molecule has 0 bridgehead atoms. The Morgan fingerprint density at radius 2 is 2.18 bits per heavy atom. The topological polar surface area (TPSA) is 34.1 Å². The normalized spacial score (nSPS) is 12.5. The summed E-state index contributed by atoms with van der Waals surface area (Å²) >= 11 is 1.14. The number of pyridine rings is 1. The quantitative estimate of drug-likeness (QED) is 0.741. The molecule has 0 saturated carbocycles. The number of hydrogen-bond donors (Lipinski definition) is 1. The lowest BCUT2D eigenvalue weighted by Gasteiger charge is -2.19. The molecule has 0 radical (unpaired) electrons. The molecule has 3 nitrogen and oxygen atoms in total. The molecule has 0 aliphatic rings. The number of fused-ring (bicyclic) bond motifs is 1. The second-order valence-electron chi connectivity index (χ2n) is 4.99. The highest BCUT2D eigenvalue weighted by molar-refractivity contribution is 7.10. The van der Waals surface area contributed by atoms with Crippen LogP contribution >= 0.6 is 11.3 Å². The highest BCUT2D eigenvalue weighted by atomic mass is 32.1. The summed E-state index contributed by atoms with van der Waals surface area (Å²) in [6.45, 7) is 0.799. The first-order valence-electron chi connectivity index (χ1n) is 7.17. The van der Waals surface area contributed by atoms with Gasteiger partial charge >= 0.3 is 0 Å². The zero-order chi connectivity index (χ0) is 15.4. The molecule has 3 aromatic rings. The molecule has 2 aromatic heterocycles. The maximum atomic E-state index is 13.3. The van der Waals surface area contributed by atoms with E-state index in [1.54, 1.807) is 18.5 Å². The van der Waals surface area contributed by atoms with Gasteiger partial charge in [0.15, 0.2) is 5.13 Å². The molecule has 0 aliphatic heterocycles. The molecular weight excluding hydrogens is 299 g/mol. The Morgan fingerprint density at radius 3 is 2.95 bits per heavy atom. The van der Waals surface area contributed by atoms with Crippen LogP contribution in [0.2, 0.25) is 0 Å². The van der Waals surface area contributed by atoms with E-state index in [1.165, 1.54) is 6.07 Å². The number of halogens is 1. The average Bonchev–Trinajstić information content (AvgIpc) is 2.98. The Bertz CT molecular complexity index is 754. The van der Waals surface area contributed by atoms with E-state index in [2.05, 4.69) is 10.3 Å². The van der Waals surface area contributed by atoms with Crippen molar-refractivity contribution in [3.8, 4) is 5.75 Å². The first-order valence-corrected chi connectivity index (χ1v) is 7.99. The number of benzene rings is 1. The van der Waals surface area contributed by atoms with Crippen molar-refractivity contribution in [2.45, 2.75) is 12.5 Å². The van der Waals surface area contributed by atoms with Crippen LogP contribution in [0.3, 0.4) is 0 Å². The van der Waals surface area contributed by atoms with Crippen molar-refractivity contribution in [2.75, 3.05) is 13.6 Å². The van der Waals surface area contributed by atoms with Gasteiger partial charge in [-0.3, -0.25) is 4.98 Å². The van der Waals surface area contributed by atoms with Gasteiger partial charge in [0.2, 0.25) is 0 Å². The molecule has 114 valence electrons. The van der Waals surface area contributed by atoms with Gasteiger partial charge in [0.25, 0.3) is 0 Å². The van der Waals surface area contributed by atoms with Crippen LogP contribution in [0.15, 0.2) is 48.8 Å². The van der Waals surface area contributed by atoms with Crippen LogP contribution in [0.5, 0.6) is 5.75 Å². The number of rotatable bonds is 6. The molecule has 0 aliphatic carbocycles. The van der Waals surface area contributed by atoms with Crippen LogP contribution in [-0.4, -0.2) is 18.6 Å². The smallest absolute Gasteiger partial charge is 0.176 e. The third-order valence-corrected chi connectivity index (χ3v) is 4.45. The lowest BCUT2D eigenvalue weighted by atomic mass is 10.1. The van der Waals surface area contributed by atoms with Crippen molar-refractivity contribution in [1.82, 2.24) is 10.3 Å². The minimum atomic E-state index is -0.187. The molecule has 0 spiro atoms. The first-order chi connectivity index (χ1) is 10.8. The summed E-state index contributed by atoms with van der Waals surface area (Å²) in [5.41, 5.74) is 0. The van der Waals surface area contributed by atoms with E-state index in [0.717, 1.165) is 45.7 Å². The molecule has 1 unspecified atom stereocenters. The Balaban J connectivity index is 1.91. The van der Waals surface area contributed by atoms with E-state index in [9.17, 15) is 4.39 Å². The zero-order valence-corrected chi connectivity index (χ0v) is 13.1. The van der Waals surface area contributed by atoms with E-state index in [4.69, 9.17) is 4.74 Å².